The Hall–Kier alpha value is -0.650. The van der Waals surface area contributed by atoms with Crippen molar-refractivity contribution in [2.24, 2.45) is 0 Å². The van der Waals surface area contributed by atoms with Crippen molar-refractivity contribution >= 4 is 41.4 Å². The first-order valence-corrected chi connectivity index (χ1v) is 8.06. The highest BCUT2D eigenvalue weighted by atomic mass is 32.2. The molecule has 1 aromatic carbocycles. The van der Waals surface area contributed by atoms with Gasteiger partial charge in [0.15, 0.2) is 4.34 Å². The molecule has 1 aliphatic rings. The van der Waals surface area contributed by atoms with E-state index >= 15 is 0 Å². The van der Waals surface area contributed by atoms with Gasteiger partial charge >= 0.3 is 0 Å². The van der Waals surface area contributed by atoms with Gasteiger partial charge in [-0.1, -0.05) is 11.8 Å². The Kier molecular flexibility index (Phi) is 3.54. The average molecular weight is 294 g/mol. The zero-order valence-electron chi connectivity index (χ0n) is 10.0. The van der Waals surface area contributed by atoms with Crippen LogP contribution in [0.5, 0.6) is 0 Å². The molecule has 0 radical (unpaired) electrons. The van der Waals surface area contributed by atoms with Gasteiger partial charge in [0, 0.05) is 29.2 Å². The van der Waals surface area contributed by atoms with Crippen molar-refractivity contribution in [2.45, 2.75) is 27.5 Å². The minimum Gasteiger partial charge on any atom is -0.363 e. The third kappa shape index (κ3) is 2.39. The van der Waals surface area contributed by atoms with E-state index in [-0.39, 0.29) is 0 Å². The highest BCUT2D eigenvalue weighted by Gasteiger charge is 2.20. The summed E-state index contributed by atoms with van der Waals surface area (Å²) in [7, 11) is 2.11. The average Bonchev–Trinajstić information content (AvgIpc) is 2.87. The topological polar surface area (TPSA) is 16.1 Å². The quantitative estimate of drug-likeness (QED) is 0.845. The van der Waals surface area contributed by atoms with Gasteiger partial charge in [0.1, 0.15) is 0 Å². The summed E-state index contributed by atoms with van der Waals surface area (Å²) in [5.74, 6) is 0. The van der Waals surface area contributed by atoms with Gasteiger partial charge in [0.05, 0.1) is 5.37 Å². The number of hydrogen-bond acceptors (Lipinski definition) is 5. The minimum atomic E-state index is 0.343. The van der Waals surface area contributed by atoms with Gasteiger partial charge in [0.25, 0.3) is 0 Å². The van der Waals surface area contributed by atoms with E-state index in [9.17, 15) is 0 Å². The number of thiol groups is 1. The number of thiazole rings is 1. The van der Waals surface area contributed by atoms with E-state index in [4.69, 9.17) is 0 Å². The van der Waals surface area contributed by atoms with E-state index in [0.29, 0.717) is 5.37 Å². The standard InChI is InChI=1S/C13H14N2S3/c1-15-11-4-3-10(18-13-14-6-7-17-13)8-9(11)2-5-12(15)16/h3-4,6-8,12,16H,2,5H2,1H3. The minimum absolute atomic E-state index is 0.343. The van der Waals surface area contributed by atoms with Crippen LogP contribution in [0.1, 0.15) is 12.0 Å². The lowest BCUT2D eigenvalue weighted by molar-refractivity contribution is 0.704. The van der Waals surface area contributed by atoms with Crippen LogP contribution >= 0.6 is 35.7 Å². The van der Waals surface area contributed by atoms with Gasteiger partial charge in [-0.2, -0.15) is 12.6 Å². The first-order chi connectivity index (χ1) is 8.74. The molecule has 1 aromatic heterocycles. The van der Waals surface area contributed by atoms with Crippen LogP contribution in [-0.4, -0.2) is 17.4 Å². The Morgan fingerprint density at radius 2 is 2.39 bits per heavy atom. The number of benzene rings is 1. The summed E-state index contributed by atoms with van der Waals surface area (Å²) in [6.07, 6.45) is 4.07. The Balaban J connectivity index is 1.87. The van der Waals surface area contributed by atoms with Crippen LogP contribution in [-0.2, 0) is 6.42 Å². The molecular formula is C13H14N2S3. The highest BCUT2D eigenvalue weighted by molar-refractivity contribution is 8.01. The van der Waals surface area contributed by atoms with E-state index in [1.807, 2.05) is 11.6 Å². The largest absolute Gasteiger partial charge is 0.363 e. The summed E-state index contributed by atoms with van der Waals surface area (Å²) in [6.45, 7) is 0. The second kappa shape index (κ2) is 5.15. The van der Waals surface area contributed by atoms with Crippen molar-refractivity contribution < 1.29 is 0 Å². The second-order valence-electron chi connectivity index (χ2n) is 4.32. The Bertz CT molecular complexity index is 539. The normalized spacial score (nSPS) is 18.8. The highest BCUT2D eigenvalue weighted by Crippen LogP contribution is 2.36. The van der Waals surface area contributed by atoms with Crippen molar-refractivity contribution in [1.82, 2.24) is 4.98 Å². The first-order valence-electron chi connectivity index (χ1n) is 5.85. The fraction of sp³-hybridized carbons (Fsp3) is 0.308. The van der Waals surface area contributed by atoms with Gasteiger partial charge in [-0.05, 0) is 36.6 Å². The van der Waals surface area contributed by atoms with Gasteiger partial charge in [-0.25, -0.2) is 4.98 Å². The van der Waals surface area contributed by atoms with Crippen molar-refractivity contribution in [1.29, 1.82) is 0 Å². The number of anilines is 1. The van der Waals surface area contributed by atoms with Gasteiger partial charge in [-0.15, -0.1) is 11.3 Å². The molecule has 1 aliphatic heterocycles. The van der Waals surface area contributed by atoms with Crippen LogP contribution < -0.4 is 4.90 Å². The van der Waals surface area contributed by atoms with Crippen LogP contribution in [0.15, 0.2) is 39.0 Å². The maximum Gasteiger partial charge on any atom is 0.154 e. The number of hydrogen-bond donors (Lipinski definition) is 1. The van der Waals surface area contributed by atoms with Crippen molar-refractivity contribution in [3.05, 3.63) is 35.3 Å². The van der Waals surface area contributed by atoms with Crippen LogP contribution in [0, 0.1) is 0 Å². The smallest absolute Gasteiger partial charge is 0.154 e. The van der Waals surface area contributed by atoms with E-state index in [2.05, 4.69) is 47.8 Å². The first kappa shape index (κ1) is 12.4. The molecule has 18 heavy (non-hydrogen) atoms. The Morgan fingerprint density at radius 1 is 1.50 bits per heavy atom. The lowest BCUT2D eigenvalue weighted by atomic mass is 10.0. The molecule has 94 valence electrons. The number of fused-ring (bicyclic) bond motifs is 1. The van der Waals surface area contributed by atoms with E-state index in [1.165, 1.54) is 16.1 Å². The fourth-order valence-corrected chi connectivity index (χ4v) is 4.08. The third-order valence-corrected chi connectivity index (χ3v) is 5.64. The molecule has 5 heteroatoms. The van der Waals surface area contributed by atoms with E-state index < -0.39 is 0 Å². The molecule has 0 N–H and O–H groups in total. The summed E-state index contributed by atoms with van der Waals surface area (Å²) >= 11 is 8.02. The zero-order chi connectivity index (χ0) is 12.5. The molecule has 0 fully saturated rings. The lowest BCUT2D eigenvalue weighted by Gasteiger charge is -2.33. The molecule has 2 heterocycles. The van der Waals surface area contributed by atoms with Crippen molar-refractivity contribution in [3.63, 3.8) is 0 Å². The van der Waals surface area contributed by atoms with E-state index in [1.54, 1.807) is 23.1 Å². The monoisotopic (exact) mass is 294 g/mol. The molecule has 2 aromatic rings. The van der Waals surface area contributed by atoms with E-state index in [0.717, 1.165) is 17.2 Å². The molecule has 1 unspecified atom stereocenters. The number of aryl methyl sites for hydroxylation is 1. The molecular weight excluding hydrogens is 280 g/mol. The van der Waals surface area contributed by atoms with Crippen LogP contribution in [0.2, 0.25) is 0 Å². The zero-order valence-corrected chi connectivity index (χ0v) is 12.6. The predicted molar refractivity (Wildman–Crippen MR) is 82.2 cm³/mol. The van der Waals surface area contributed by atoms with Crippen LogP contribution in [0.4, 0.5) is 5.69 Å². The van der Waals surface area contributed by atoms with Gasteiger partial charge in [-0.3, -0.25) is 0 Å². The molecule has 0 aliphatic carbocycles. The Labute approximate surface area is 121 Å². The molecule has 1 atom stereocenters. The fourth-order valence-electron chi connectivity index (χ4n) is 2.17. The molecule has 0 spiro atoms. The Morgan fingerprint density at radius 3 is 3.17 bits per heavy atom. The molecule has 0 saturated carbocycles. The SMILES string of the molecule is CN1c2ccc(Sc3nccs3)cc2CCC1S. The number of aromatic nitrogens is 1. The van der Waals surface area contributed by atoms with Crippen LogP contribution in [0.3, 0.4) is 0 Å². The summed E-state index contributed by atoms with van der Waals surface area (Å²) in [5, 5.41) is 2.36. The molecule has 2 nitrogen and oxygen atoms in total. The summed E-state index contributed by atoms with van der Waals surface area (Å²) in [6, 6.07) is 6.67. The number of nitrogens with zero attached hydrogens (tertiary/aromatic N) is 2. The molecule has 0 amide bonds. The van der Waals surface area contributed by atoms with Gasteiger partial charge in [0.2, 0.25) is 0 Å². The predicted octanol–water partition coefficient (Wildman–Crippen LogP) is 3.93. The molecule has 3 rings (SSSR count). The maximum absolute atomic E-state index is 4.59. The molecule has 0 saturated heterocycles. The second-order valence-corrected chi connectivity index (χ2v) is 7.13. The summed E-state index contributed by atoms with van der Waals surface area (Å²) < 4.78 is 1.10. The summed E-state index contributed by atoms with van der Waals surface area (Å²) in [4.78, 5) is 7.83. The third-order valence-electron chi connectivity index (χ3n) is 3.16. The van der Waals surface area contributed by atoms with Crippen LogP contribution in [0.25, 0.3) is 0 Å². The van der Waals surface area contributed by atoms with Gasteiger partial charge < -0.3 is 4.90 Å². The summed E-state index contributed by atoms with van der Waals surface area (Å²) in [5.41, 5.74) is 2.73. The number of rotatable bonds is 2. The van der Waals surface area contributed by atoms with Crippen molar-refractivity contribution in [3.8, 4) is 0 Å². The molecule has 0 bridgehead atoms. The maximum atomic E-state index is 4.59. The van der Waals surface area contributed by atoms with Crippen molar-refractivity contribution in [2.75, 3.05) is 11.9 Å². The lowest BCUT2D eigenvalue weighted by Crippen LogP contribution is -2.31.